The van der Waals surface area contributed by atoms with Crippen molar-refractivity contribution in [2.75, 3.05) is 39.3 Å². The Balaban J connectivity index is 0.00000182. The average Bonchev–Trinajstić information content (AvgIpc) is 2.65. The van der Waals surface area contributed by atoms with Crippen LogP contribution in [0.25, 0.3) is 0 Å². The van der Waals surface area contributed by atoms with Gasteiger partial charge in [0.25, 0.3) is 0 Å². The molecule has 0 atom stereocenters. The van der Waals surface area contributed by atoms with Crippen LogP contribution in [0.5, 0.6) is 11.5 Å². The first-order chi connectivity index (χ1) is 12.2. The monoisotopic (exact) mass is 412 g/mol. The second-order valence-electron chi connectivity index (χ2n) is 6.85. The van der Waals surface area contributed by atoms with E-state index in [2.05, 4.69) is 40.1 Å². The van der Waals surface area contributed by atoms with E-state index in [9.17, 15) is 10.2 Å². The molecule has 2 aromatic rings. The normalized spacial score (nSPS) is 15.0. The molecule has 150 valence electrons. The lowest BCUT2D eigenvalue weighted by Crippen LogP contribution is -2.47. The quantitative estimate of drug-likeness (QED) is 0.679. The van der Waals surface area contributed by atoms with Crippen molar-refractivity contribution in [1.29, 1.82) is 0 Å². The molecule has 2 aromatic carbocycles. The third kappa shape index (κ3) is 7.59. The maximum Gasteiger partial charge on any atom is 0.157 e. The zero-order chi connectivity index (χ0) is 17.5. The Labute approximate surface area is 174 Å². The number of benzene rings is 2. The second kappa shape index (κ2) is 12.1. The standard InChI is InChI=1S/C21H28N2O2.2ClH/c24-20-9-8-19(17-21(20)25)10-12-23-15-13-22(14-16-23)11-4-7-18-5-2-1-3-6-18;;/h1-3,5-6,8-9,17,24-25H,4,7,10-16H2;2*1H. The highest BCUT2D eigenvalue weighted by atomic mass is 35.5. The summed E-state index contributed by atoms with van der Waals surface area (Å²) in [6, 6.07) is 15.8. The van der Waals surface area contributed by atoms with Crippen LogP contribution in [0.15, 0.2) is 48.5 Å². The van der Waals surface area contributed by atoms with Gasteiger partial charge in [-0.2, -0.15) is 0 Å². The van der Waals surface area contributed by atoms with Gasteiger partial charge in [-0.25, -0.2) is 0 Å². The fraction of sp³-hybridized carbons (Fsp3) is 0.429. The number of phenols is 2. The first-order valence-corrected chi connectivity index (χ1v) is 9.20. The van der Waals surface area contributed by atoms with Crippen molar-refractivity contribution in [3.8, 4) is 11.5 Å². The number of piperazine rings is 1. The van der Waals surface area contributed by atoms with Crippen molar-refractivity contribution in [2.45, 2.75) is 19.3 Å². The molecule has 0 unspecified atom stereocenters. The Morgan fingerprint density at radius 3 is 1.93 bits per heavy atom. The van der Waals surface area contributed by atoms with Gasteiger partial charge in [0, 0.05) is 32.7 Å². The van der Waals surface area contributed by atoms with Crippen LogP contribution in [-0.4, -0.2) is 59.3 Å². The molecule has 0 aromatic heterocycles. The average molecular weight is 413 g/mol. The van der Waals surface area contributed by atoms with E-state index in [1.54, 1.807) is 12.1 Å². The summed E-state index contributed by atoms with van der Waals surface area (Å²) in [6.45, 7) is 6.66. The highest BCUT2D eigenvalue weighted by Crippen LogP contribution is 2.25. The molecule has 0 aliphatic carbocycles. The van der Waals surface area contributed by atoms with Gasteiger partial charge in [-0.1, -0.05) is 36.4 Å². The number of rotatable bonds is 7. The summed E-state index contributed by atoms with van der Waals surface area (Å²) in [5, 5.41) is 18.9. The lowest BCUT2D eigenvalue weighted by atomic mass is 10.1. The molecule has 27 heavy (non-hydrogen) atoms. The van der Waals surface area contributed by atoms with E-state index in [0.29, 0.717) is 0 Å². The van der Waals surface area contributed by atoms with Gasteiger partial charge in [-0.05, 0) is 49.1 Å². The number of nitrogens with zero attached hydrogens (tertiary/aromatic N) is 2. The van der Waals surface area contributed by atoms with E-state index in [1.165, 1.54) is 18.5 Å². The van der Waals surface area contributed by atoms with Crippen molar-refractivity contribution < 1.29 is 10.2 Å². The smallest absolute Gasteiger partial charge is 0.157 e. The molecule has 0 amide bonds. The number of hydrogen-bond donors (Lipinski definition) is 2. The number of aryl methyl sites for hydroxylation is 1. The largest absolute Gasteiger partial charge is 0.504 e. The summed E-state index contributed by atoms with van der Waals surface area (Å²) in [7, 11) is 0. The third-order valence-electron chi connectivity index (χ3n) is 5.00. The van der Waals surface area contributed by atoms with Crippen LogP contribution in [-0.2, 0) is 12.8 Å². The molecule has 1 saturated heterocycles. The number of phenolic OH excluding ortho intramolecular Hbond substituents is 2. The predicted octanol–water partition coefficient (Wildman–Crippen LogP) is 3.73. The van der Waals surface area contributed by atoms with Gasteiger partial charge in [-0.15, -0.1) is 24.8 Å². The summed E-state index contributed by atoms with van der Waals surface area (Å²) < 4.78 is 0. The second-order valence-corrected chi connectivity index (χ2v) is 6.85. The molecule has 0 spiro atoms. The topological polar surface area (TPSA) is 46.9 Å². The molecule has 1 heterocycles. The van der Waals surface area contributed by atoms with Crippen LogP contribution in [0.4, 0.5) is 0 Å². The van der Waals surface area contributed by atoms with Crippen molar-refractivity contribution in [2.24, 2.45) is 0 Å². The Kier molecular flexibility index (Phi) is 10.6. The molecular weight excluding hydrogens is 383 g/mol. The molecular formula is C21H30Cl2N2O2. The van der Waals surface area contributed by atoms with E-state index in [0.717, 1.165) is 51.1 Å². The van der Waals surface area contributed by atoms with Gasteiger partial charge in [0.1, 0.15) is 0 Å². The number of aromatic hydroxyl groups is 2. The van der Waals surface area contributed by atoms with Crippen LogP contribution in [0.3, 0.4) is 0 Å². The van der Waals surface area contributed by atoms with Crippen LogP contribution in [0, 0.1) is 0 Å². The molecule has 3 rings (SSSR count). The van der Waals surface area contributed by atoms with Crippen LogP contribution < -0.4 is 0 Å². The van der Waals surface area contributed by atoms with Crippen LogP contribution >= 0.6 is 24.8 Å². The van der Waals surface area contributed by atoms with Crippen molar-refractivity contribution in [3.63, 3.8) is 0 Å². The molecule has 2 N–H and O–H groups in total. The summed E-state index contributed by atoms with van der Waals surface area (Å²) >= 11 is 0. The Morgan fingerprint density at radius 1 is 0.667 bits per heavy atom. The van der Waals surface area contributed by atoms with Gasteiger partial charge in [-0.3, -0.25) is 0 Å². The van der Waals surface area contributed by atoms with Gasteiger partial charge in [0.05, 0.1) is 0 Å². The van der Waals surface area contributed by atoms with Gasteiger partial charge >= 0.3 is 0 Å². The molecule has 0 bridgehead atoms. The number of halogens is 2. The summed E-state index contributed by atoms with van der Waals surface area (Å²) in [5.74, 6) is -0.0754. The van der Waals surface area contributed by atoms with Crippen LogP contribution in [0.2, 0.25) is 0 Å². The molecule has 1 aliphatic heterocycles. The van der Waals surface area contributed by atoms with Gasteiger partial charge < -0.3 is 20.0 Å². The lowest BCUT2D eigenvalue weighted by molar-refractivity contribution is 0.132. The lowest BCUT2D eigenvalue weighted by Gasteiger charge is -2.34. The van der Waals surface area contributed by atoms with Crippen LogP contribution in [0.1, 0.15) is 17.5 Å². The third-order valence-corrected chi connectivity index (χ3v) is 5.00. The van der Waals surface area contributed by atoms with E-state index >= 15 is 0 Å². The molecule has 0 radical (unpaired) electrons. The Bertz CT molecular complexity index is 662. The summed E-state index contributed by atoms with van der Waals surface area (Å²) in [4.78, 5) is 5.05. The highest BCUT2D eigenvalue weighted by molar-refractivity contribution is 5.85. The van der Waals surface area contributed by atoms with E-state index in [1.807, 2.05) is 6.07 Å². The van der Waals surface area contributed by atoms with E-state index in [4.69, 9.17) is 0 Å². The minimum Gasteiger partial charge on any atom is -0.504 e. The first-order valence-electron chi connectivity index (χ1n) is 9.20. The molecule has 0 saturated carbocycles. The van der Waals surface area contributed by atoms with Gasteiger partial charge in [0.2, 0.25) is 0 Å². The zero-order valence-corrected chi connectivity index (χ0v) is 17.2. The summed E-state index contributed by atoms with van der Waals surface area (Å²) in [6.07, 6.45) is 3.28. The predicted molar refractivity (Wildman–Crippen MR) is 116 cm³/mol. The maximum absolute atomic E-state index is 9.57. The fourth-order valence-corrected chi connectivity index (χ4v) is 3.40. The van der Waals surface area contributed by atoms with Crippen molar-refractivity contribution in [3.05, 3.63) is 59.7 Å². The molecule has 6 heteroatoms. The van der Waals surface area contributed by atoms with Gasteiger partial charge in [0.15, 0.2) is 11.5 Å². The minimum atomic E-state index is -0.0483. The Hall–Kier alpha value is -1.46. The first kappa shape index (κ1) is 23.6. The van der Waals surface area contributed by atoms with Crippen molar-refractivity contribution >= 4 is 24.8 Å². The van der Waals surface area contributed by atoms with E-state index < -0.39 is 0 Å². The van der Waals surface area contributed by atoms with E-state index in [-0.39, 0.29) is 36.3 Å². The zero-order valence-electron chi connectivity index (χ0n) is 15.6. The van der Waals surface area contributed by atoms with Crippen molar-refractivity contribution in [1.82, 2.24) is 9.80 Å². The fourth-order valence-electron chi connectivity index (χ4n) is 3.40. The molecule has 1 fully saturated rings. The maximum atomic E-state index is 9.57. The SMILES string of the molecule is Cl.Cl.Oc1ccc(CCN2CCN(CCCc3ccccc3)CC2)cc1O. The minimum absolute atomic E-state index is 0. The Morgan fingerprint density at radius 2 is 1.30 bits per heavy atom. The highest BCUT2D eigenvalue weighted by Gasteiger charge is 2.16. The summed E-state index contributed by atoms with van der Waals surface area (Å²) in [5.41, 5.74) is 2.50. The number of hydrogen-bond acceptors (Lipinski definition) is 4. The molecule has 1 aliphatic rings. The molecule has 4 nitrogen and oxygen atoms in total.